The second kappa shape index (κ2) is 12.5. The number of carbonyl (C=O) groups excluding carboxylic acids is 1. The Balaban J connectivity index is 1.63. The standard InChI is InChI=1S/C31H25Cl2FN2O5S/c1-4-40-30(38)26-17(2)35-31-36(27(26)18-9-12-22(34)13-10-18)29(37)25(42-31)14-19-6-5-7-24(39-3)28(19)41-16-20-8-11-21(32)15-23(20)33/h5-15,27H,4,16H2,1-3H3/b25-14-/t27-/m0/s1. The van der Waals surface area contributed by atoms with E-state index in [-0.39, 0.29) is 24.3 Å². The third-order valence-corrected chi connectivity index (χ3v) is 8.18. The maximum absolute atomic E-state index is 14.0. The fourth-order valence-electron chi connectivity index (χ4n) is 4.64. The lowest BCUT2D eigenvalue weighted by Crippen LogP contribution is -2.39. The molecule has 0 bridgehead atoms. The summed E-state index contributed by atoms with van der Waals surface area (Å²) in [6.07, 6.45) is 1.69. The molecule has 0 spiro atoms. The zero-order valence-corrected chi connectivity index (χ0v) is 25.1. The Morgan fingerprint density at radius 3 is 2.60 bits per heavy atom. The molecule has 2 heterocycles. The van der Waals surface area contributed by atoms with Gasteiger partial charge in [-0.2, -0.15) is 0 Å². The normalized spacial score (nSPS) is 14.8. The van der Waals surface area contributed by atoms with Crippen molar-refractivity contribution in [1.82, 2.24) is 4.57 Å². The predicted octanol–water partition coefficient (Wildman–Crippen LogP) is 5.83. The van der Waals surface area contributed by atoms with Crippen molar-refractivity contribution in [3.05, 3.63) is 124 Å². The quantitative estimate of drug-likeness (QED) is 0.230. The third-order valence-electron chi connectivity index (χ3n) is 6.61. The lowest BCUT2D eigenvalue weighted by Gasteiger charge is -2.24. The third kappa shape index (κ3) is 5.86. The van der Waals surface area contributed by atoms with E-state index in [9.17, 15) is 14.0 Å². The predicted molar refractivity (Wildman–Crippen MR) is 161 cm³/mol. The molecule has 5 rings (SSSR count). The van der Waals surface area contributed by atoms with E-state index in [1.54, 1.807) is 68.5 Å². The number of benzene rings is 3. The first-order chi connectivity index (χ1) is 20.2. The second-order valence-electron chi connectivity index (χ2n) is 9.26. The van der Waals surface area contributed by atoms with Gasteiger partial charge in [-0.3, -0.25) is 9.36 Å². The second-order valence-corrected chi connectivity index (χ2v) is 11.1. The van der Waals surface area contributed by atoms with E-state index >= 15 is 0 Å². The zero-order chi connectivity index (χ0) is 30.0. The van der Waals surface area contributed by atoms with E-state index in [0.29, 0.717) is 47.7 Å². The average molecular weight is 628 g/mol. The Morgan fingerprint density at radius 2 is 1.90 bits per heavy atom. The van der Waals surface area contributed by atoms with Crippen LogP contribution in [0, 0.1) is 5.82 Å². The number of halogens is 3. The smallest absolute Gasteiger partial charge is 0.338 e. The molecule has 3 aromatic carbocycles. The van der Waals surface area contributed by atoms with Gasteiger partial charge in [0.1, 0.15) is 12.4 Å². The molecule has 0 saturated heterocycles. The number of ether oxygens (including phenoxy) is 3. The molecule has 216 valence electrons. The van der Waals surface area contributed by atoms with Crippen LogP contribution in [0.4, 0.5) is 4.39 Å². The molecule has 0 saturated carbocycles. The van der Waals surface area contributed by atoms with Crippen LogP contribution in [0.15, 0.2) is 81.7 Å². The van der Waals surface area contributed by atoms with Crippen LogP contribution in [-0.4, -0.2) is 24.3 Å². The lowest BCUT2D eigenvalue weighted by atomic mass is 9.96. The largest absolute Gasteiger partial charge is 0.493 e. The van der Waals surface area contributed by atoms with Crippen LogP contribution < -0.4 is 24.4 Å². The summed E-state index contributed by atoms with van der Waals surface area (Å²) in [5.41, 5.74) is 2.11. The minimum Gasteiger partial charge on any atom is -0.493 e. The first-order valence-electron chi connectivity index (χ1n) is 12.9. The monoisotopic (exact) mass is 626 g/mol. The minimum atomic E-state index is -0.851. The molecule has 0 amide bonds. The Bertz CT molecular complexity index is 1880. The van der Waals surface area contributed by atoms with Crippen molar-refractivity contribution in [2.75, 3.05) is 13.7 Å². The van der Waals surface area contributed by atoms with Gasteiger partial charge in [-0.05, 0) is 55.8 Å². The summed E-state index contributed by atoms with van der Waals surface area (Å²) in [6.45, 7) is 3.67. The maximum atomic E-state index is 14.0. The molecule has 0 fully saturated rings. The maximum Gasteiger partial charge on any atom is 0.338 e. The van der Waals surface area contributed by atoms with Gasteiger partial charge in [0.05, 0.1) is 35.6 Å². The van der Waals surface area contributed by atoms with Crippen LogP contribution in [-0.2, 0) is 16.1 Å². The Labute approximate surface area is 254 Å². The lowest BCUT2D eigenvalue weighted by molar-refractivity contribution is -0.139. The minimum absolute atomic E-state index is 0.130. The fraction of sp³-hybridized carbons (Fsp3) is 0.194. The van der Waals surface area contributed by atoms with Crippen molar-refractivity contribution < 1.29 is 23.4 Å². The van der Waals surface area contributed by atoms with E-state index in [1.807, 2.05) is 0 Å². The molecule has 0 unspecified atom stereocenters. The number of rotatable bonds is 8. The molecule has 1 aliphatic rings. The molecule has 0 radical (unpaired) electrons. The van der Waals surface area contributed by atoms with Gasteiger partial charge in [-0.1, -0.05) is 64.9 Å². The molecule has 7 nitrogen and oxygen atoms in total. The summed E-state index contributed by atoms with van der Waals surface area (Å²) in [5, 5.41) is 0.971. The first-order valence-corrected chi connectivity index (χ1v) is 14.5. The van der Waals surface area contributed by atoms with Crippen molar-refractivity contribution in [3.8, 4) is 11.5 Å². The van der Waals surface area contributed by atoms with Crippen LogP contribution in [0.2, 0.25) is 10.0 Å². The van der Waals surface area contributed by atoms with Gasteiger partial charge in [0.2, 0.25) is 0 Å². The number of fused-ring (bicyclic) bond motifs is 1. The van der Waals surface area contributed by atoms with E-state index in [4.69, 9.17) is 37.4 Å². The number of allylic oxidation sites excluding steroid dienone is 1. The number of carbonyl (C=O) groups is 1. The Hall–Kier alpha value is -3.92. The summed E-state index contributed by atoms with van der Waals surface area (Å²) in [5.74, 6) is -0.150. The summed E-state index contributed by atoms with van der Waals surface area (Å²) in [4.78, 5) is 32.0. The van der Waals surface area contributed by atoms with E-state index in [0.717, 1.165) is 5.56 Å². The molecular weight excluding hydrogens is 602 g/mol. The first kappa shape index (κ1) is 29.6. The number of hydrogen-bond acceptors (Lipinski definition) is 7. The highest BCUT2D eigenvalue weighted by molar-refractivity contribution is 7.07. The number of para-hydroxylation sites is 1. The highest BCUT2D eigenvalue weighted by Crippen LogP contribution is 2.34. The number of nitrogens with zero attached hydrogens (tertiary/aromatic N) is 2. The van der Waals surface area contributed by atoms with Crippen LogP contribution >= 0.6 is 34.5 Å². The topological polar surface area (TPSA) is 79.1 Å². The van der Waals surface area contributed by atoms with Crippen LogP contribution in [0.1, 0.15) is 36.6 Å². The molecule has 11 heteroatoms. The molecule has 0 aliphatic carbocycles. The highest BCUT2D eigenvalue weighted by Gasteiger charge is 2.33. The average Bonchev–Trinajstić information content (AvgIpc) is 3.26. The van der Waals surface area contributed by atoms with Crippen LogP contribution in [0.3, 0.4) is 0 Å². The number of hydrogen-bond donors (Lipinski definition) is 0. The summed E-state index contributed by atoms with van der Waals surface area (Å²) in [7, 11) is 1.53. The van der Waals surface area contributed by atoms with E-state index < -0.39 is 17.8 Å². The summed E-state index contributed by atoms with van der Waals surface area (Å²) < 4.78 is 32.6. The molecule has 1 aliphatic heterocycles. The number of esters is 1. The Kier molecular flexibility index (Phi) is 8.82. The summed E-state index contributed by atoms with van der Waals surface area (Å²) >= 11 is 13.5. The Morgan fingerprint density at radius 1 is 1.14 bits per heavy atom. The highest BCUT2D eigenvalue weighted by atomic mass is 35.5. The molecule has 4 aromatic rings. The van der Waals surface area contributed by atoms with E-state index in [2.05, 4.69) is 4.99 Å². The summed E-state index contributed by atoms with van der Waals surface area (Å²) in [6, 6.07) is 15.3. The van der Waals surface area contributed by atoms with Gasteiger partial charge in [0.25, 0.3) is 5.56 Å². The van der Waals surface area contributed by atoms with Gasteiger partial charge in [-0.15, -0.1) is 0 Å². The molecule has 42 heavy (non-hydrogen) atoms. The van der Waals surface area contributed by atoms with Crippen molar-refractivity contribution >= 4 is 46.6 Å². The van der Waals surface area contributed by atoms with Crippen LogP contribution in [0.5, 0.6) is 11.5 Å². The number of methoxy groups -OCH3 is 1. The zero-order valence-electron chi connectivity index (χ0n) is 22.8. The SMILES string of the molecule is CCOC(=O)C1=C(C)N=c2s/c(=C\c3cccc(OC)c3OCc3ccc(Cl)cc3Cl)c(=O)n2[C@H]1c1ccc(F)cc1. The van der Waals surface area contributed by atoms with Crippen LogP contribution in [0.25, 0.3) is 6.08 Å². The number of aromatic nitrogens is 1. The van der Waals surface area contributed by atoms with Crippen molar-refractivity contribution in [1.29, 1.82) is 0 Å². The van der Waals surface area contributed by atoms with Gasteiger partial charge in [-0.25, -0.2) is 14.2 Å². The van der Waals surface area contributed by atoms with Gasteiger partial charge in [0.15, 0.2) is 16.3 Å². The number of thiazole rings is 1. The van der Waals surface area contributed by atoms with E-state index in [1.165, 1.54) is 35.1 Å². The molecule has 1 atom stereocenters. The van der Waals surface area contributed by atoms with Crippen molar-refractivity contribution in [3.63, 3.8) is 0 Å². The van der Waals surface area contributed by atoms with Gasteiger partial charge in [0, 0.05) is 21.2 Å². The van der Waals surface area contributed by atoms with Gasteiger partial charge < -0.3 is 14.2 Å². The van der Waals surface area contributed by atoms with Crippen molar-refractivity contribution in [2.24, 2.45) is 4.99 Å². The fourth-order valence-corrected chi connectivity index (χ4v) is 6.14. The molecule has 1 aromatic heterocycles. The molecular formula is C31H25Cl2FN2O5S. The molecule has 0 N–H and O–H groups in total. The van der Waals surface area contributed by atoms with Crippen molar-refractivity contribution in [2.45, 2.75) is 26.5 Å². The van der Waals surface area contributed by atoms with Gasteiger partial charge >= 0.3 is 5.97 Å².